The molecule has 1 unspecified atom stereocenters. The Bertz CT molecular complexity index is 1290. The fraction of sp³-hybridized carbons (Fsp3) is 0.543. The number of aromatic nitrogens is 2. The fourth-order valence-corrected chi connectivity index (χ4v) is 6.77. The van der Waals surface area contributed by atoms with E-state index in [0.29, 0.717) is 25.7 Å². The molecule has 2 fully saturated rings. The van der Waals surface area contributed by atoms with Crippen molar-refractivity contribution < 1.29 is 9.18 Å². The molecule has 7 nitrogen and oxygen atoms in total. The van der Waals surface area contributed by atoms with E-state index in [9.17, 15) is 4.79 Å². The fourth-order valence-electron chi connectivity index (χ4n) is 6.77. The summed E-state index contributed by atoms with van der Waals surface area (Å²) in [6.07, 6.45) is 6.49. The van der Waals surface area contributed by atoms with Gasteiger partial charge in [-0.1, -0.05) is 87.9 Å². The molecule has 8 heteroatoms. The highest BCUT2D eigenvalue weighted by molar-refractivity contribution is 5.75. The minimum Gasteiger partial charge on any atom is -0.328 e. The number of hydrogen-bond donors (Lipinski definition) is 1. The summed E-state index contributed by atoms with van der Waals surface area (Å²) in [7, 11) is 0. The number of hydrogen-bond acceptors (Lipinski definition) is 4. The maximum atomic E-state index is 15.2. The van der Waals surface area contributed by atoms with E-state index in [4.69, 9.17) is 10.7 Å². The second-order valence-corrected chi connectivity index (χ2v) is 13.3. The van der Waals surface area contributed by atoms with E-state index in [0.717, 1.165) is 48.6 Å². The van der Waals surface area contributed by atoms with Gasteiger partial charge in [-0.2, -0.15) is 0 Å². The molecule has 1 aromatic heterocycles. The first-order valence-electron chi connectivity index (χ1n) is 16.0. The number of amides is 2. The van der Waals surface area contributed by atoms with Gasteiger partial charge in [0.05, 0.1) is 18.3 Å². The number of nitrogens with two attached hydrogens (primary N) is 1. The summed E-state index contributed by atoms with van der Waals surface area (Å²) in [4.78, 5) is 25.9. The van der Waals surface area contributed by atoms with Crippen LogP contribution in [0, 0.1) is 5.41 Å². The molecule has 0 spiro atoms. The van der Waals surface area contributed by atoms with Crippen molar-refractivity contribution in [3.05, 3.63) is 78.2 Å². The minimum atomic E-state index is -1.33. The molecule has 43 heavy (non-hydrogen) atoms. The molecule has 5 rings (SSSR count). The number of nitrogens with zero attached hydrogens (tertiary/aromatic N) is 5. The topological polar surface area (TPSA) is 70.6 Å². The third kappa shape index (κ3) is 7.65. The van der Waals surface area contributed by atoms with Gasteiger partial charge in [0.1, 0.15) is 12.0 Å². The highest BCUT2D eigenvalue weighted by atomic mass is 19.1. The first-order chi connectivity index (χ1) is 20.7. The summed E-state index contributed by atoms with van der Waals surface area (Å²) in [5.74, 6) is 0.760. The van der Waals surface area contributed by atoms with E-state index >= 15 is 4.39 Å². The van der Waals surface area contributed by atoms with Gasteiger partial charge in [0.15, 0.2) is 0 Å². The lowest BCUT2D eigenvalue weighted by Gasteiger charge is -2.45. The second kappa shape index (κ2) is 14.0. The molecule has 232 valence electrons. The van der Waals surface area contributed by atoms with E-state index in [1.807, 2.05) is 53.4 Å². The van der Waals surface area contributed by atoms with E-state index in [1.165, 1.54) is 19.3 Å². The summed E-state index contributed by atoms with van der Waals surface area (Å²) in [5.41, 5.74) is 8.36. The van der Waals surface area contributed by atoms with Crippen molar-refractivity contribution in [1.82, 2.24) is 24.3 Å². The van der Waals surface area contributed by atoms with Crippen molar-refractivity contribution >= 4 is 6.03 Å². The third-order valence-electron chi connectivity index (χ3n) is 8.99. The molecule has 3 heterocycles. The largest absolute Gasteiger partial charge is 0.328 e. The molecule has 2 aliphatic heterocycles. The van der Waals surface area contributed by atoms with Crippen LogP contribution in [0.4, 0.5) is 9.18 Å². The molecule has 3 aromatic rings. The molecular formula is C35H49FN6O. The Kier molecular flexibility index (Phi) is 10.2. The lowest BCUT2D eigenvalue weighted by molar-refractivity contribution is 0.0511. The molecule has 0 aliphatic carbocycles. The van der Waals surface area contributed by atoms with Crippen LogP contribution in [0.1, 0.15) is 70.3 Å². The van der Waals surface area contributed by atoms with E-state index in [-0.39, 0.29) is 19.1 Å². The van der Waals surface area contributed by atoms with Crippen molar-refractivity contribution in [1.29, 1.82) is 0 Å². The van der Waals surface area contributed by atoms with Crippen molar-refractivity contribution in [2.45, 2.75) is 77.7 Å². The van der Waals surface area contributed by atoms with Gasteiger partial charge in [-0.05, 0) is 49.8 Å². The Morgan fingerprint density at radius 1 is 0.977 bits per heavy atom. The molecule has 2 saturated heterocycles. The lowest BCUT2D eigenvalue weighted by Crippen LogP contribution is -2.55. The zero-order chi connectivity index (χ0) is 30.4. The number of likely N-dealkylation sites (tertiary alicyclic amines) is 2. The summed E-state index contributed by atoms with van der Waals surface area (Å²) in [6, 6.07) is 20.3. The predicted octanol–water partition coefficient (Wildman–Crippen LogP) is 6.35. The van der Waals surface area contributed by atoms with Gasteiger partial charge in [-0.15, -0.1) is 0 Å². The highest BCUT2D eigenvalue weighted by Gasteiger charge is 2.41. The summed E-state index contributed by atoms with van der Waals surface area (Å²) < 4.78 is 17.4. The van der Waals surface area contributed by atoms with Crippen LogP contribution in [-0.4, -0.2) is 81.8 Å². The van der Waals surface area contributed by atoms with Crippen LogP contribution in [0.25, 0.3) is 11.3 Å². The monoisotopic (exact) mass is 588 g/mol. The summed E-state index contributed by atoms with van der Waals surface area (Å²) in [5, 5.41) is 0. The van der Waals surface area contributed by atoms with E-state index in [1.54, 1.807) is 4.90 Å². The number of carbonyl (C=O) groups excluding carboxylic acids is 1. The molecule has 0 radical (unpaired) electrons. The smallest absolute Gasteiger partial charge is 0.320 e. The van der Waals surface area contributed by atoms with Gasteiger partial charge < -0.3 is 25.0 Å². The van der Waals surface area contributed by atoms with Crippen molar-refractivity contribution in [2.24, 2.45) is 11.1 Å². The molecule has 2 N–H and O–H groups in total. The van der Waals surface area contributed by atoms with Gasteiger partial charge in [-0.3, -0.25) is 0 Å². The van der Waals surface area contributed by atoms with Crippen LogP contribution in [0.2, 0.25) is 0 Å². The predicted molar refractivity (Wildman–Crippen MR) is 171 cm³/mol. The Morgan fingerprint density at radius 2 is 1.60 bits per heavy atom. The maximum absolute atomic E-state index is 15.2. The Balaban J connectivity index is 1.49. The third-order valence-corrected chi connectivity index (χ3v) is 8.99. The number of imidazole rings is 1. The normalized spacial score (nSPS) is 18.4. The van der Waals surface area contributed by atoms with Crippen LogP contribution in [-0.2, 0) is 6.54 Å². The number of urea groups is 1. The number of rotatable bonds is 9. The summed E-state index contributed by atoms with van der Waals surface area (Å²) >= 11 is 0. The van der Waals surface area contributed by atoms with E-state index in [2.05, 4.69) is 48.6 Å². The molecular weight excluding hydrogens is 539 g/mol. The van der Waals surface area contributed by atoms with Gasteiger partial charge in [0.2, 0.25) is 0 Å². The maximum Gasteiger partial charge on any atom is 0.320 e. The lowest BCUT2D eigenvalue weighted by atomic mass is 9.84. The quantitative estimate of drug-likeness (QED) is 0.316. The SMILES string of the molecule is CC(C)(C)[C@H](c1nc(-c2ccccc2)cn1Cc1ccccc1)N(CC(F)CN)C(=O)N1CCC(N2CCCCC2)CC1. The van der Waals surface area contributed by atoms with Crippen molar-refractivity contribution in [2.75, 3.05) is 39.3 Å². The second-order valence-electron chi connectivity index (χ2n) is 13.3. The number of benzene rings is 2. The molecule has 0 saturated carbocycles. The molecule has 2 aliphatic rings. The first-order valence-corrected chi connectivity index (χ1v) is 16.0. The van der Waals surface area contributed by atoms with Crippen LogP contribution < -0.4 is 5.73 Å². The number of alkyl halides is 1. The zero-order valence-electron chi connectivity index (χ0n) is 26.2. The zero-order valence-corrected chi connectivity index (χ0v) is 26.2. The highest BCUT2D eigenvalue weighted by Crippen LogP contribution is 2.40. The number of piperidine rings is 2. The standard InChI is InChI=1S/C35H49FN6O/c1-35(2,3)32(33-38-31(28-15-9-5-10-16-28)26-41(33)24-27-13-7-4-8-14-27)42(25-29(36)23-37)34(43)40-21-17-30(18-22-40)39-19-11-6-12-20-39/h4-5,7-10,13-16,26,29-30,32H,6,11-12,17-25,37H2,1-3H3/t29?,32-/m0/s1. The van der Waals surface area contributed by atoms with Gasteiger partial charge in [0, 0.05) is 44.0 Å². The van der Waals surface area contributed by atoms with Crippen LogP contribution in [0.15, 0.2) is 66.9 Å². The van der Waals surface area contributed by atoms with Crippen molar-refractivity contribution in [3.8, 4) is 11.3 Å². The minimum absolute atomic E-state index is 0.0673. The Hall–Kier alpha value is -3.23. The number of carbonyl (C=O) groups is 1. The summed E-state index contributed by atoms with van der Waals surface area (Å²) in [6.45, 7) is 10.4. The van der Waals surface area contributed by atoms with Crippen LogP contribution in [0.3, 0.4) is 0 Å². The average molecular weight is 589 g/mol. The molecule has 2 atom stereocenters. The van der Waals surface area contributed by atoms with Gasteiger partial charge >= 0.3 is 6.03 Å². The molecule has 0 bridgehead atoms. The van der Waals surface area contributed by atoms with E-state index < -0.39 is 17.6 Å². The Morgan fingerprint density at radius 3 is 2.21 bits per heavy atom. The van der Waals surface area contributed by atoms with Crippen LogP contribution >= 0.6 is 0 Å². The van der Waals surface area contributed by atoms with Gasteiger partial charge in [0.25, 0.3) is 0 Å². The van der Waals surface area contributed by atoms with Gasteiger partial charge in [-0.25, -0.2) is 14.2 Å². The average Bonchev–Trinajstić information content (AvgIpc) is 3.43. The Labute approximate surface area is 256 Å². The molecule has 2 amide bonds. The first kappa shape index (κ1) is 31.2. The number of halogens is 1. The van der Waals surface area contributed by atoms with Crippen molar-refractivity contribution in [3.63, 3.8) is 0 Å². The molecule has 2 aromatic carbocycles. The van der Waals surface area contributed by atoms with Crippen LogP contribution in [0.5, 0.6) is 0 Å².